The van der Waals surface area contributed by atoms with E-state index in [1.165, 1.54) is 0 Å². The standard InChI is InChI=1S/C25H18O2.2K/c26-23-15-7-5-13-21(23)25(22-14-6-8-16-24(22)27)19-11-3-1-9-17(19)18-10-2-4-12-20(18)25;;/h1-16,26-27H;;/q;2*+1/p-2. The second-order valence-corrected chi connectivity index (χ2v) is 6.83. The Kier molecular flexibility index (Phi) is 7.66. The second-order valence-electron chi connectivity index (χ2n) is 6.83. The summed E-state index contributed by atoms with van der Waals surface area (Å²) in [5, 5.41) is 26.0. The van der Waals surface area contributed by atoms with Crippen LogP contribution in [0.5, 0.6) is 11.5 Å². The minimum Gasteiger partial charge on any atom is -0.872 e. The van der Waals surface area contributed by atoms with Gasteiger partial charge in [0.1, 0.15) is 0 Å². The number of fused-ring (bicyclic) bond motifs is 3. The van der Waals surface area contributed by atoms with Crippen molar-refractivity contribution in [2.45, 2.75) is 5.41 Å². The summed E-state index contributed by atoms with van der Waals surface area (Å²) in [4.78, 5) is 0. The molecule has 0 unspecified atom stereocenters. The molecular formula is C25H16K2O2. The van der Waals surface area contributed by atoms with Crippen LogP contribution in [0.2, 0.25) is 0 Å². The fraction of sp³-hybridized carbons (Fsp3) is 0.0400. The van der Waals surface area contributed by atoms with E-state index in [9.17, 15) is 10.2 Å². The maximum Gasteiger partial charge on any atom is 1.00 e. The summed E-state index contributed by atoms with van der Waals surface area (Å²) < 4.78 is 0. The van der Waals surface area contributed by atoms with Crippen molar-refractivity contribution in [1.29, 1.82) is 0 Å². The molecule has 0 aliphatic heterocycles. The van der Waals surface area contributed by atoms with E-state index in [1.54, 1.807) is 24.3 Å². The van der Waals surface area contributed by atoms with Crippen LogP contribution in [0.15, 0.2) is 97.1 Å². The number of para-hydroxylation sites is 2. The topological polar surface area (TPSA) is 46.1 Å². The molecule has 1 aliphatic rings. The molecule has 130 valence electrons. The molecule has 4 aromatic rings. The molecule has 0 amide bonds. The predicted molar refractivity (Wildman–Crippen MR) is 103 cm³/mol. The van der Waals surface area contributed by atoms with E-state index < -0.39 is 5.41 Å². The van der Waals surface area contributed by atoms with Crippen molar-refractivity contribution in [3.8, 4) is 22.6 Å². The fourth-order valence-electron chi connectivity index (χ4n) is 4.51. The van der Waals surface area contributed by atoms with E-state index in [2.05, 4.69) is 12.1 Å². The maximum atomic E-state index is 13.0. The van der Waals surface area contributed by atoms with Crippen molar-refractivity contribution >= 4 is 0 Å². The third kappa shape index (κ3) is 3.57. The molecule has 1 aliphatic carbocycles. The van der Waals surface area contributed by atoms with E-state index in [-0.39, 0.29) is 114 Å². The molecule has 5 rings (SSSR count). The molecule has 4 heteroatoms. The van der Waals surface area contributed by atoms with Gasteiger partial charge in [-0.15, -0.1) is 11.5 Å². The van der Waals surface area contributed by atoms with Crippen LogP contribution in [0.4, 0.5) is 0 Å². The molecule has 0 bridgehead atoms. The average molecular weight is 427 g/mol. The van der Waals surface area contributed by atoms with Crippen LogP contribution in [0.25, 0.3) is 11.1 Å². The second kappa shape index (κ2) is 9.49. The van der Waals surface area contributed by atoms with Crippen LogP contribution in [0, 0.1) is 0 Å². The summed E-state index contributed by atoms with van der Waals surface area (Å²) in [6.45, 7) is 0. The van der Waals surface area contributed by atoms with Gasteiger partial charge in [0.2, 0.25) is 0 Å². The third-order valence-electron chi connectivity index (χ3n) is 5.53. The zero-order chi connectivity index (χ0) is 18.4. The summed E-state index contributed by atoms with van der Waals surface area (Å²) in [5.41, 5.74) is 4.44. The average Bonchev–Trinajstić information content (AvgIpc) is 3.00. The van der Waals surface area contributed by atoms with Gasteiger partial charge >= 0.3 is 103 Å². The van der Waals surface area contributed by atoms with Crippen molar-refractivity contribution in [3.05, 3.63) is 119 Å². The summed E-state index contributed by atoms with van der Waals surface area (Å²) >= 11 is 0. The summed E-state index contributed by atoms with van der Waals surface area (Å²) in [7, 11) is 0. The first-order chi connectivity index (χ1) is 13.2. The minimum atomic E-state index is -0.899. The Bertz CT molecular complexity index is 1080. The minimum absolute atomic E-state index is 0. The Hall–Kier alpha value is -0.247. The molecule has 29 heavy (non-hydrogen) atoms. The Morgan fingerprint density at radius 1 is 0.414 bits per heavy atom. The molecule has 0 atom stereocenters. The molecule has 0 radical (unpaired) electrons. The molecule has 0 saturated heterocycles. The van der Waals surface area contributed by atoms with Crippen LogP contribution in [-0.2, 0) is 5.41 Å². The first kappa shape index (κ1) is 23.4. The van der Waals surface area contributed by atoms with E-state index >= 15 is 0 Å². The molecule has 0 fully saturated rings. The van der Waals surface area contributed by atoms with Gasteiger partial charge < -0.3 is 10.2 Å². The van der Waals surface area contributed by atoms with Gasteiger partial charge in [-0.05, 0) is 33.4 Å². The van der Waals surface area contributed by atoms with Gasteiger partial charge in [0, 0.05) is 0 Å². The van der Waals surface area contributed by atoms with Gasteiger partial charge in [0.25, 0.3) is 0 Å². The maximum absolute atomic E-state index is 13.0. The van der Waals surface area contributed by atoms with E-state index in [4.69, 9.17) is 0 Å². The number of hydrogen-bond acceptors (Lipinski definition) is 2. The van der Waals surface area contributed by atoms with Crippen LogP contribution >= 0.6 is 0 Å². The molecule has 0 N–H and O–H groups in total. The molecule has 0 spiro atoms. The Balaban J connectivity index is 0.00000120. The first-order valence-electron chi connectivity index (χ1n) is 8.97. The first-order valence-corrected chi connectivity index (χ1v) is 8.97. The predicted octanol–water partition coefficient (Wildman–Crippen LogP) is -1.80. The largest absolute Gasteiger partial charge is 1.00 e. The summed E-state index contributed by atoms with van der Waals surface area (Å²) in [6.07, 6.45) is 0. The number of rotatable bonds is 2. The van der Waals surface area contributed by atoms with Crippen molar-refractivity contribution in [2.24, 2.45) is 0 Å². The van der Waals surface area contributed by atoms with Gasteiger partial charge in [-0.3, -0.25) is 0 Å². The molecule has 2 nitrogen and oxygen atoms in total. The zero-order valence-electron chi connectivity index (χ0n) is 16.6. The molecule has 0 heterocycles. The van der Waals surface area contributed by atoms with E-state index in [0.29, 0.717) is 11.1 Å². The van der Waals surface area contributed by atoms with Crippen LogP contribution < -0.4 is 113 Å². The zero-order valence-corrected chi connectivity index (χ0v) is 22.8. The van der Waals surface area contributed by atoms with Gasteiger partial charge in [-0.2, -0.15) is 0 Å². The molecular weight excluding hydrogens is 410 g/mol. The van der Waals surface area contributed by atoms with Gasteiger partial charge in [-0.25, -0.2) is 0 Å². The Morgan fingerprint density at radius 2 is 0.724 bits per heavy atom. The quantitative estimate of drug-likeness (QED) is 0.313. The van der Waals surface area contributed by atoms with Gasteiger partial charge in [0.05, 0.1) is 5.41 Å². The Labute approximate surface area is 255 Å². The normalized spacial score (nSPS) is 12.8. The van der Waals surface area contributed by atoms with Crippen molar-refractivity contribution < 1.29 is 113 Å². The fourth-order valence-corrected chi connectivity index (χ4v) is 4.51. The summed E-state index contributed by atoms with van der Waals surface area (Å²) in [6, 6.07) is 30.2. The molecule has 0 saturated carbocycles. The smallest absolute Gasteiger partial charge is 0.872 e. The van der Waals surface area contributed by atoms with E-state index in [0.717, 1.165) is 22.3 Å². The van der Waals surface area contributed by atoms with Crippen LogP contribution in [0.1, 0.15) is 22.3 Å². The van der Waals surface area contributed by atoms with Gasteiger partial charge in [0.15, 0.2) is 0 Å². The number of benzene rings is 4. The van der Waals surface area contributed by atoms with Crippen molar-refractivity contribution in [2.75, 3.05) is 0 Å². The summed E-state index contributed by atoms with van der Waals surface area (Å²) in [5.74, 6) is -0.125. The van der Waals surface area contributed by atoms with E-state index in [1.807, 2.05) is 60.7 Å². The van der Waals surface area contributed by atoms with Crippen molar-refractivity contribution in [1.82, 2.24) is 0 Å². The third-order valence-corrected chi connectivity index (χ3v) is 5.53. The van der Waals surface area contributed by atoms with Crippen LogP contribution in [-0.4, -0.2) is 0 Å². The SMILES string of the molecule is [K+].[K+].[O-]c1ccccc1C1(c2ccccc2[O-])c2ccccc2-c2ccccc21. The molecule has 0 aromatic heterocycles. The number of hydrogen-bond donors (Lipinski definition) is 0. The Morgan fingerprint density at radius 3 is 1.10 bits per heavy atom. The van der Waals surface area contributed by atoms with Crippen molar-refractivity contribution in [3.63, 3.8) is 0 Å². The monoisotopic (exact) mass is 426 g/mol. The van der Waals surface area contributed by atoms with Crippen LogP contribution in [0.3, 0.4) is 0 Å². The molecule has 4 aromatic carbocycles. The van der Waals surface area contributed by atoms with Gasteiger partial charge in [-0.1, -0.05) is 97.1 Å².